The highest BCUT2D eigenvalue weighted by Gasteiger charge is 2.19. The van der Waals surface area contributed by atoms with E-state index in [0.717, 1.165) is 66.7 Å². The van der Waals surface area contributed by atoms with E-state index in [4.69, 9.17) is 9.40 Å². The summed E-state index contributed by atoms with van der Waals surface area (Å²) < 4.78 is 8.78. The molecule has 0 atom stereocenters. The molecular weight excluding hydrogens is 599 g/mol. The molecule has 3 heterocycles. The lowest BCUT2D eigenvalue weighted by Crippen LogP contribution is -2.09. The number of rotatable bonds is 5. The minimum absolute atomic E-state index is 0.830. The molecule has 0 amide bonds. The molecule has 0 radical (unpaired) electrons. The lowest BCUT2D eigenvalue weighted by molar-refractivity contribution is 0.672. The highest BCUT2D eigenvalue weighted by atomic mass is 16.3. The van der Waals surface area contributed by atoms with Crippen molar-refractivity contribution in [3.8, 4) is 16.8 Å². The standard InChI is InChI=1S/C45H29N3O/c1-3-13-32(14-4-1)47(35-26-27-41-39(28-35)38-18-9-10-20-40(38)48(41)33-15-5-2-6-16-33)34-24-22-30(23-25-34)36-19-11-21-42-43(36)44-45(49-42)37-17-8-7-12-31(37)29-46-44/h1-29H. The number of hydrogen-bond acceptors (Lipinski definition) is 3. The van der Waals surface area contributed by atoms with Crippen LogP contribution in [0.5, 0.6) is 0 Å². The minimum atomic E-state index is 0.830. The second-order valence-corrected chi connectivity index (χ2v) is 12.4. The smallest absolute Gasteiger partial charge is 0.161 e. The molecule has 4 heteroatoms. The van der Waals surface area contributed by atoms with Crippen molar-refractivity contribution in [2.75, 3.05) is 4.90 Å². The van der Waals surface area contributed by atoms with Crippen molar-refractivity contribution in [2.24, 2.45) is 0 Å². The van der Waals surface area contributed by atoms with E-state index in [0.29, 0.717) is 0 Å². The third-order valence-corrected chi connectivity index (χ3v) is 9.61. The molecular formula is C45H29N3O. The van der Waals surface area contributed by atoms with E-state index < -0.39 is 0 Å². The van der Waals surface area contributed by atoms with Crippen LogP contribution in [0.1, 0.15) is 0 Å². The summed E-state index contributed by atoms with van der Waals surface area (Å²) in [5, 5.41) is 5.63. The number of furan rings is 1. The van der Waals surface area contributed by atoms with Gasteiger partial charge in [0.25, 0.3) is 0 Å². The van der Waals surface area contributed by atoms with E-state index >= 15 is 0 Å². The number of para-hydroxylation sites is 3. The molecule has 230 valence electrons. The molecule has 0 unspecified atom stereocenters. The highest BCUT2D eigenvalue weighted by molar-refractivity contribution is 6.17. The maximum atomic E-state index is 6.43. The molecule has 10 rings (SSSR count). The average Bonchev–Trinajstić information content (AvgIpc) is 3.72. The van der Waals surface area contributed by atoms with E-state index in [1.165, 1.54) is 21.8 Å². The number of pyridine rings is 1. The Balaban J connectivity index is 1.12. The molecule has 7 aromatic carbocycles. The van der Waals surface area contributed by atoms with Gasteiger partial charge in [-0.05, 0) is 77.9 Å². The number of fused-ring (bicyclic) bond motifs is 8. The Labute approximate surface area is 282 Å². The van der Waals surface area contributed by atoms with Crippen LogP contribution < -0.4 is 4.90 Å². The molecule has 0 N–H and O–H groups in total. The van der Waals surface area contributed by atoms with Crippen LogP contribution in [0.3, 0.4) is 0 Å². The quantitative estimate of drug-likeness (QED) is 0.190. The summed E-state index contributed by atoms with van der Waals surface area (Å²) >= 11 is 0. The fraction of sp³-hybridized carbons (Fsp3) is 0. The van der Waals surface area contributed by atoms with Gasteiger partial charge in [-0.25, -0.2) is 0 Å². The van der Waals surface area contributed by atoms with Crippen molar-refractivity contribution in [1.82, 2.24) is 9.55 Å². The lowest BCUT2D eigenvalue weighted by atomic mass is 10.00. The van der Waals surface area contributed by atoms with Crippen LogP contribution in [0.4, 0.5) is 17.1 Å². The summed E-state index contributed by atoms with van der Waals surface area (Å²) in [7, 11) is 0. The number of hydrogen-bond donors (Lipinski definition) is 0. The largest absolute Gasteiger partial charge is 0.454 e. The summed E-state index contributed by atoms with van der Waals surface area (Å²) in [4.78, 5) is 7.21. The predicted molar refractivity (Wildman–Crippen MR) is 203 cm³/mol. The summed E-state index contributed by atoms with van der Waals surface area (Å²) in [6, 6.07) is 60.0. The van der Waals surface area contributed by atoms with Gasteiger partial charge < -0.3 is 13.9 Å². The first-order valence-electron chi connectivity index (χ1n) is 16.5. The SMILES string of the molecule is c1ccc(N(c2ccc(-c3cccc4oc5c6ccccc6cnc5c34)cc2)c2ccc3c(c2)c2ccccc2n3-c2ccccc2)cc1. The van der Waals surface area contributed by atoms with Gasteiger partial charge in [-0.2, -0.15) is 0 Å². The average molecular weight is 628 g/mol. The van der Waals surface area contributed by atoms with Crippen LogP contribution in [-0.2, 0) is 0 Å². The van der Waals surface area contributed by atoms with Gasteiger partial charge in [-0.3, -0.25) is 4.98 Å². The molecule has 10 aromatic rings. The van der Waals surface area contributed by atoms with Gasteiger partial charge in [0.15, 0.2) is 5.58 Å². The van der Waals surface area contributed by atoms with Gasteiger partial charge in [0.2, 0.25) is 0 Å². The van der Waals surface area contributed by atoms with Gasteiger partial charge >= 0.3 is 0 Å². The third kappa shape index (κ3) is 4.35. The monoisotopic (exact) mass is 627 g/mol. The van der Waals surface area contributed by atoms with E-state index in [2.05, 4.69) is 161 Å². The first-order valence-corrected chi connectivity index (χ1v) is 16.5. The van der Waals surface area contributed by atoms with E-state index in [1.54, 1.807) is 0 Å². The zero-order valence-electron chi connectivity index (χ0n) is 26.5. The van der Waals surface area contributed by atoms with Crippen molar-refractivity contribution in [1.29, 1.82) is 0 Å². The van der Waals surface area contributed by atoms with Crippen LogP contribution in [0, 0.1) is 0 Å². The molecule has 0 saturated heterocycles. The third-order valence-electron chi connectivity index (χ3n) is 9.61. The van der Waals surface area contributed by atoms with Gasteiger partial charge in [-0.1, -0.05) is 103 Å². The molecule has 0 aliphatic heterocycles. The lowest BCUT2D eigenvalue weighted by Gasteiger charge is -2.26. The first kappa shape index (κ1) is 27.5. The van der Waals surface area contributed by atoms with Gasteiger partial charge in [0.05, 0.1) is 16.4 Å². The Hall–Kier alpha value is -6.65. The molecule has 3 aromatic heterocycles. The van der Waals surface area contributed by atoms with Gasteiger partial charge in [0.1, 0.15) is 11.1 Å². The normalized spacial score (nSPS) is 11.7. The van der Waals surface area contributed by atoms with Crippen molar-refractivity contribution in [3.05, 3.63) is 176 Å². The number of anilines is 3. The van der Waals surface area contributed by atoms with Crippen LogP contribution >= 0.6 is 0 Å². The Morgan fingerprint density at radius 2 is 1.18 bits per heavy atom. The summed E-state index contributed by atoms with van der Waals surface area (Å²) in [6.45, 7) is 0. The van der Waals surface area contributed by atoms with Crippen molar-refractivity contribution in [2.45, 2.75) is 0 Å². The van der Waals surface area contributed by atoms with Crippen molar-refractivity contribution < 1.29 is 4.42 Å². The maximum absolute atomic E-state index is 6.43. The number of benzene rings is 7. The van der Waals surface area contributed by atoms with Crippen LogP contribution in [0.2, 0.25) is 0 Å². The Bertz CT molecular complexity index is 2820. The molecule has 0 aliphatic carbocycles. The highest BCUT2D eigenvalue weighted by Crippen LogP contribution is 2.42. The second-order valence-electron chi connectivity index (χ2n) is 12.4. The van der Waals surface area contributed by atoms with Crippen LogP contribution in [0.15, 0.2) is 180 Å². The number of nitrogens with zero attached hydrogens (tertiary/aromatic N) is 3. The van der Waals surface area contributed by atoms with Crippen molar-refractivity contribution in [3.63, 3.8) is 0 Å². The Kier molecular flexibility index (Phi) is 6.15. The fourth-order valence-corrected chi connectivity index (χ4v) is 7.40. The van der Waals surface area contributed by atoms with E-state index in [9.17, 15) is 0 Å². The summed E-state index contributed by atoms with van der Waals surface area (Å²) in [6.07, 6.45) is 1.94. The van der Waals surface area contributed by atoms with Crippen LogP contribution in [0.25, 0.3) is 71.5 Å². The molecule has 0 aliphatic rings. The molecule has 0 spiro atoms. The number of aromatic nitrogens is 2. The predicted octanol–water partition coefficient (Wildman–Crippen LogP) is 12.4. The maximum Gasteiger partial charge on any atom is 0.161 e. The van der Waals surface area contributed by atoms with Crippen molar-refractivity contribution >= 4 is 71.7 Å². The zero-order valence-corrected chi connectivity index (χ0v) is 26.5. The molecule has 0 bridgehead atoms. The second kappa shape index (κ2) is 11.0. The molecule has 0 fully saturated rings. The van der Waals surface area contributed by atoms with Gasteiger partial charge in [0, 0.05) is 50.5 Å². The van der Waals surface area contributed by atoms with Gasteiger partial charge in [-0.15, -0.1) is 0 Å². The summed E-state index contributed by atoms with van der Waals surface area (Å²) in [5.74, 6) is 0. The zero-order chi connectivity index (χ0) is 32.3. The van der Waals surface area contributed by atoms with E-state index in [1.807, 2.05) is 24.4 Å². The van der Waals surface area contributed by atoms with E-state index in [-0.39, 0.29) is 0 Å². The van der Waals surface area contributed by atoms with Crippen LogP contribution in [-0.4, -0.2) is 9.55 Å². The summed E-state index contributed by atoms with van der Waals surface area (Å²) in [5.41, 5.74) is 11.6. The Morgan fingerprint density at radius 3 is 2.02 bits per heavy atom. The fourth-order valence-electron chi connectivity index (χ4n) is 7.40. The molecule has 49 heavy (non-hydrogen) atoms. The first-order chi connectivity index (χ1) is 24.3. The topological polar surface area (TPSA) is 34.2 Å². The minimum Gasteiger partial charge on any atom is -0.454 e. The molecule has 4 nitrogen and oxygen atoms in total. The molecule has 0 saturated carbocycles. The Morgan fingerprint density at radius 1 is 0.510 bits per heavy atom.